The van der Waals surface area contributed by atoms with Gasteiger partial charge in [0.05, 0.1) is 13.2 Å². The van der Waals surface area contributed by atoms with E-state index in [1.54, 1.807) is 30.3 Å². The number of rotatable bonds is 11. The highest BCUT2D eigenvalue weighted by Crippen LogP contribution is 2.42. The maximum absolute atomic E-state index is 12.4. The molecule has 0 aliphatic heterocycles. The first-order valence-corrected chi connectivity index (χ1v) is 10.7. The number of hydrogen-bond acceptors (Lipinski definition) is 5. The van der Waals surface area contributed by atoms with E-state index in [0.29, 0.717) is 18.8 Å². The Balaban J connectivity index is 3.24. The predicted molar refractivity (Wildman–Crippen MR) is 106 cm³/mol. The van der Waals surface area contributed by atoms with Crippen molar-refractivity contribution >= 4 is 10.1 Å². The van der Waals surface area contributed by atoms with Crippen molar-refractivity contribution in [2.75, 3.05) is 19.8 Å². The highest BCUT2D eigenvalue weighted by molar-refractivity contribution is 7.86. The molecule has 0 fully saturated rings. The molecule has 0 heterocycles. The molecule has 0 aliphatic rings. The SMILES string of the molecule is CCOCCOC(CC(C)(C)CC(C)(C)C)(Oc1ccccc1)S(=O)(=O)O. The van der Waals surface area contributed by atoms with Crippen molar-refractivity contribution in [3.63, 3.8) is 0 Å². The van der Waals surface area contributed by atoms with Gasteiger partial charge in [-0.05, 0) is 36.3 Å². The molecule has 1 unspecified atom stereocenters. The van der Waals surface area contributed by atoms with Gasteiger partial charge in [0.15, 0.2) is 0 Å². The van der Waals surface area contributed by atoms with Crippen LogP contribution < -0.4 is 4.74 Å². The molecule has 6 nitrogen and oxygen atoms in total. The first-order valence-electron chi connectivity index (χ1n) is 9.23. The van der Waals surface area contributed by atoms with E-state index >= 15 is 0 Å². The summed E-state index contributed by atoms with van der Waals surface area (Å²) >= 11 is 0. The number of para-hydroxylation sites is 1. The maximum Gasteiger partial charge on any atom is 0.341 e. The third-order valence-electron chi connectivity index (χ3n) is 3.87. The van der Waals surface area contributed by atoms with E-state index in [4.69, 9.17) is 14.2 Å². The maximum atomic E-state index is 12.4. The van der Waals surface area contributed by atoms with Gasteiger partial charge in [0, 0.05) is 13.0 Å². The summed E-state index contributed by atoms with van der Waals surface area (Å²) in [5.74, 6) is 0.304. The summed E-state index contributed by atoms with van der Waals surface area (Å²) in [4.78, 5) is 0. The van der Waals surface area contributed by atoms with Gasteiger partial charge >= 0.3 is 15.2 Å². The topological polar surface area (TPSA) is 82.1 Å². The summed E-state index contributed by atoms with van der Waals surface area (Å²) in [6.45, 7) is 12.6. The fourth-order valence-electron chi connectivity index (χ4n) is 3.49. The highest BCUT2D eigenvalue weighted by atomic mass is 32.2. The van der Waals surface area contributed by atoms with Gasteiger partial charge in [0.1, 0.15) is 5.75 Å². The summed E-state index contributed by atoms with van der Waals surface area (Å²) < 4.78 is 51.6. The average molecular weight is 403 g/mol. The molecule has 0 saturated heterocycles. The lowest BCUT2D eigenvalue weighted by molar-refractivity contribution is -0.154. The molecular weight excluding hydrogens is 368 g/mol. The van der Waals surface area contributed by atoms with Crippen LogP contribution in [0.5, 0.6) is 5.75 Å². The van der Waals surface area contributed by atoms with Crippen LogP contribution in [0.15, 0.2) is 30.3 Å². The summed E-state index contributed by atoms with van der Waals surface area (Å²) in [5.41, 5.74) is -0.513. The van der Waals surface area contributed by atoms with Gasteiger partial charge in [-0.2, -0.15) is 8.42 Å². The molecule has 1 N–H and O–H groups in total. The Morgan fingerprint density at radius 1 is 0.963 bits per heavy atom. The van der Waals surface area contributed by atoms with E-state index in [-0.39, 0.29) is 25.0 Å². The summed E-state index contributed by atoms with van der Waals surface area (Å²) in [6, 6.07) is 8.50. The Morgan fingerprint density at radius 2 is 1.56 bits per heavy atom. The number of benzene rings is 1. The van der Waals surface area contributed by atoms with Crippen molar-refractivity contribution in [1.82, 2.24) is 0 Å². The zero-order valence-corrected chi connectivity index (χ0v) is 18.1. The van der Waals surface area contributed by atoms with Gasteiger partial charge in [0.25, 0.3) is 0 Å². The van der Waals surface area contributed by atoms with Crippen molar-refractivity contribution in [3.05, 3.63) is 30.3 Å². The molecule has 0 spiro atoms. The minimum Gasteiger partial charge on any atom is -0.447 e. The second-order valence-corrected chi connectivity index (χ2v) is 10.3. The second-order valence-electron chi connectivity index (χ2n) is 8.70. The van der Waals surface area contributed by atoms with Crippen LogP contribution in [0.25, 0.3) is 0 Å². The van der Waals surface area contributed by atoms with E-state index in [2.05, 4.69) is 20.8 Å². The van der Waals surface area contributed by atoms with Crippen LogP contribution in [0.2, 0.25) is 0 Å². The molecule has 1 aromatic rings. The molecule has 0 aliphatic carbocycles. The molecule has 0 bridgehead atoms. The molecule has 0 radical (unpaired) electrons. The van der Waals surface area contributed by atoms with Crippen molar-refractivity contribution in [1.29, 1.82) is 0 Å². The van der Waals surface area contributed by atoms with Crippen molar-refractivity contribution in [2.24, 2.45) is 10.8 Å². The van der Waals surface area contributed by atoms with E-state index in [1.165, 1.54) is 0 Å². The third kappa shape index (κ3) is 8.17. The first-order chi connectivity index (χ1) is 12.3. The van der Waals surface area contributed by atoms with Crippen LogP contribution in [0.4, 0.5) is 0 Å². The van der Waals surface area contributed by atoms with Gasteiger partial charge in [-0.3, -0.25) is 4.55 Å². The zero-order chi connectivity index (χ0) is 20.8. The average Bonchev–Trinajstić information content (AvgIpc) is 2.48. The molecular formula is C20H34O6S. The first kappa shape index (κ1) is 23.9. The minimum absolute atomic E-state index is 0.0218. The summed E-state index contributed by atoms with van der Waals surface area (Å²) in [5, 5.41) is -2.21. The van der Waals surface area contributed by atoms with Gasteiger partial charge in [-0.1, -0.05) is 52.8 Å². The van der Waals surface area contributed by atoms with E-state index < -0.39 is 20.7 Å². The second kappa shape index (κ2) is 9.37. The molecule has 0 saturated carbocycles. The molecule has 1 aromatic carbocycles. The quantitative estimate of drug-likeness (QED) is 0.333. The summed E-state index contributed by atoms with van der Waals surface area (Å²) in [7, 11) is -4.70. The van der Waals surface area contributed by atoms with E-state index in [9.17, 15) is 13.0 Å². The lowest BCUT2D eigenvalue weighted by Crippen LogP contribution is -2.51. The molecule has 1 rings (SSSR count). The Labute approximate surface area is 164 Å². The monoisotopic (exact) mass is 402 g/mol. The third-order valence-corrected chi connectivity index (χ3v) is 5.00. The molecule has 27 heavy (non-hydrogen) atoms. The van der Waals surface area contributed by atoms with Gasteiger partial charge in [-0.15, -0.1) is 0 Å². The van der Waals surface area contributed by atoms with Crippen LogP contribution >= 0.6 is 0 Å². The highest BCUT2D eigenvalue weighted by Gasteiger charge is 2.51. The van der Waals surface area contributed by atoms with Gasteiger partial charge in [0.2, 0.25) is 0 Å². The lowest BCUT2D eigenvalue weighted by atomic mass is 9.74. The van der Waals surface area contributed by atoms with E-state index in [0.717, 1.165) is 0 Å². The number of hydrogen-bond donors (Lipinski definition) is 1. The van der Waals surface area contributed by atoms with Crippen LogP contribution in [0.1, 0.15) is 54.4 Å². The molecule has 0 amide bonds. The zero-order valence-electron chi connectivity index (χ0n) is 17.3. The smallest absolute Gasteiger partial charge is 0.341 e. The van der Waals surface area contributed by atoms with Crippen molar-refractivity contribution in [2.45, 2.75) is 59.5 Å². The molecule has 7 heteroatoms. The summed E-state index contributed by atoms with van der Waals surface area (Å²) in [6.07, 6.45) is 0.682. The van der Waals surface area contributed by atoms with Gasteiger partial charge in [-0.25, -0.2) is 0 Å². The molecule has 0 aromatic heterocycles. The lowest BCUT2D eigenvalue weighted by Gasteiger charge is -2.40. The van der Waals surface area contributed by atoms with Crippen LogP contribution in [-0.2, 0) is 19.6 Å². The van der Waals surface area contributed by atoms with E-state index in [1.807, 2.05) is 20.8 Å². The molecule has 1 atom stereocenters. The fraction of sp³-hybridized carbons (Fsp3) is 0.700. The Hall–Kier alpha value is -1.15. The Kier molecular flexibility index (Phi) is 8.29. The number of ether oxygens (including phenoxy) is 3. The minimum atomic E-state index is -4.70. The standard InChI is InChI=1S/C20H34O6S/c1-7-24-13-14-25-20(27(21,22)23,26-17-11-9-8-10-12-17)16-19(5,6)15-18(2,3)4/h8-12H,7,13-16H2,1-6H3,(H,21,22,23). The largest absolute Gasteiger partial charge is 0.447 e. The van der Waals surface area contributed by atoms with Crippen molar-refractivity contribution in [3.8, 4) is 5.75 Å². The van der Waals surface area contributed by atoms with Crippen LogP contribution in [0.3, 0.4) is 0 Å². The Morgan fingerprint density at radius 3 is 2.04 bits per heavy atom. The normalized spacial score (nSPS) is 15.4. The van der Waals surface area contributed by atoms with Gasteiger partial charge < -0.3 is 14.2 Å². The van der Waals surface area contributed by atoms with Crippen molar-refractivity contribution < 1.29 is 27.2 Å². The fourth-order valence-corrected chi connectivity index (χ4v) is 4.49. The van der Waals surface area contributed by atoms with Crippen LogP contribution in [-0.4, -0.2) is 37.9 Å². The van der Waals surface area contributed by atoms with Crippen LogP contribution in [0, 0.1) is 10.8 Å². The predicted octanol–water partition coefficient (Wildman–Crippen LogP) is 4.51. The molecule has 156 valence electrons. The Bertz CT molecular complexity index is 663.